The van der Waals surface area contributed by atoms with Crippen molar-refractivity contribution >= 4 is 0 Å². The highest BCUT2D eigenvalue weighted by Crippen LogP contribution is 2.11. The van der Waals surface area contributed by atoms with E-state index in [1.807, 2.05) is 6.92 Å². The molecular formula is C14H23NO. The van der Waals surface area contributed by atoms with Crippen LogP contribution in [0.4, 0.5) is 0 Å². The normalized spacial score (nSPS) is 11.8. The van der Waals surface area contributed by atoms with Crippen LogP contribution in [0.1, 0.15) is 38.8 Å². The Morgan fingerprint density at radius 3 is 2.31 bits per heavy atom. The first-order chi connectivity index (χ1) is 7.53. The molecule has 0 spiro atoms. The second-order valence-electron chi connectivity index (χ2n) is 5.01. The van der Waals surface area contributed by atoms with Crippen molar-refractivity contribution in [2.45, 2.75) is 46.4 Å². The zero-order valence-corrected chi connectivity index (χ0v) is 10.8. The average Bonchev–Trinajstić information content (AvgIpc) is 2.23. The largest absolute Gasteiger partial charge is 0.377 e. The molecule has 0 saturated carbocycles. The molecule has 2 heteroatoms. The molecular weight excluding hydrogens is 198 g/mol. The summed E-state index contributed by atoms with van der Waals surface area (Å²) < 4.78 is 5.46. The number of ether oxygens (including phenoxy) is 1. The molecule has 0 unspecified atom stereocenters. The van der Waals surface area contributed by atoms with Gasteiger partial charge in [0.1, 0.15) is 0 Å². The fourth-order valence-corrected chi connectivity index (χ4v) is 1.44. The zero-order chi connectivity index (χ0) is 12.0. The Bertz CT molecular complexity index is 315. The first kappa shape index (κ1) is 13.2. The van der Waals surface area contributed by atoms with Crippen molar-refractivity contribution in [1.82, 2.24) is 5.32 Å². The summed E-state index contributed by atoms with van der Waals surface area (Å²) in [5.41, 5.74) is 2.76. The molecule has 0 bridgehead atoms. The van der Waals surface area contributed by atoms with Crippen LogP contribution in [0.3, 0.4) is 0 Å². The molecule has 16 heavy (non-hydrogen) atoms. The summed E-state index contributed by atoms with van der Waals surface area (Å²) in [6, 6.07) is 8.44. The van der Waals surface area contributed by atoms with Crippen molar-refractivity contribution in [2.75, 3.05) is 6.61 Å². The molecule has 0 amide bonds. The van der Waals surface area contributed by atoms with Gasteiger partial charge < -0.3 is 10.1 Å². The third-order valence-electron chi connectivity index (χ3n) is 2.39. The molecule has 0 atom stereocenters. The highest BCUT2D eigenvalue weighted by Gasteiger charge is 2.09. The van der Waals surface area contributed by atoms with Gasteiger partial charge in [-0.3, -0.25) is 0 Å². The summed E-state index contributed by atoms with van der Waals surface area (Å²) in [6.07, 6.45) is 0. The van der Waals surface area contributed by atoms with Crippen molar-refractivity contribution in [3.05, 3.63) is 35.4 Å². The fourth-order valence-electron chi connectivity index (χ4n) is 1.44. The zero-order valence-electron chi connectivity index (χ0n) is 10.8. The summed E-state index contributed by atoms with van der Waals surface area (Å²) in [4.78, 5) is 0. The summed E-state index contributed by atoms with van der Waals surface area (Å²) in [5.74, 6) is 0. The second kappa shape index (κ2) is 6.02. The third kappa shape index (κ3) is 4.77. The number of hydrogen-bond acceptors (Lipinski definition) is 2. The molecule has 0 aliphatic carbocycles. The predicted molar refractivity (Wildman–Crippen MR) is 68.4 cm³/mol. The van der Waals surface area contributed by atoms with Crippen molar-refractivity contribution in [1.29, 1.82) is 0 Å². The Morgan fingerprint density at radius 2 is 1.75 bits per heavy atom. The minimum atomic E-state index is 0.152. The van der Waals surface area contributed by atoms with E-state index in [0.29, 0.717) is 6.61 Å². The maximum Gasteiger partial charge on any atom is 0.0719 e. The van der Waals surface area contributed by atoms with Crippen LogP contribution in [0.15, 0.2) is 24.3 Å². The predicted octanol–water partition coefficient (Wildman–Crippen LogP) is 3.11. The number of nitrogens with one attached hydrogen (secondary N) is 1. The molecule has 0 fully saturated rings. The van der Waals surface area contributed by atoms with E-state index in [9.17, 15) is 0 Å². The molecule has 1 aromatic carbocycles. The van der Waals surface area contributed by atoms with Gasteiger partial charge in [-0.15, -0.1) is 0 Å². The van der Waals surface area contributed by atoms with E-state index < -0.39 is 0 Å². The number of hydrogen-bond donors (Lipinski definition) is 1. The lowest BCUT2D eigenvalue weighted by atomic mass is 10.1. The van der Waals surface area contributed by atoms with E-state index in [1.54, 1.807) is 0 Å². The van der Waals surface area contributed by atoms with Crippen molar-refractivity contribution < 1.29 is 4.74 Å². The summed E-state index contributed by atoms with van der Waals surface area (Å²) >= 11 is 0. The quantitative estimate of drug-likeness (QED) is 0.825. The van der Waals surface area contributed by atoms with E-state index in [4.69, 9.17) is 4.74 Å². The second-order valence-corrected chi connectivity index (χ2v) is 5.01. The highest BCUT2D eigenvalue weighted by molar-refractivity contribution is 5.26. The molecule has 0 aliphatic rings. The monoisotopic (exact) mass is 221 g/mol. The molecule has 2 nitrogen and oxygen atoms in total. The molecule has 1 aromatic rings. The average molecular weight is 221 g/mol. The molecule has 0 radical (unpaired) electrons. The molecule has 0 heterocycles. The fraction of sp³-hybridized carbons (Fsp3) is 0.571. The smallest absolute Gasteiger partial charge is 0.0719 e. The van der Waals surface area contributed by atoms with Crippen LogP contribution in [0.2, 0.25) is 0 Å². The van der Waals surface area contributed by atoms with Crippen LogP contribution in [0.5, 0.6) is 0 Å². The van der Waals surface area contributed by atoms with Gasteiger partial charge in [-0.05, 0) is 38.8 Å². The Balaban J connectivity index is 2.63. The van der Waals surface area contributed by atoms with E-state index in [-0.39, 0.29) is 5.54 Å². The molecule has 0 saturated heterocycles. The van der Waals surface area contributed by atoms with E-state index in [1.165, 1.54) is 11.1 Å². The van der Waals surface area contributed by atoms with Gasteiger partial charge in [-0.25, -0.2) is 0 Å². The molecule has 0 aliphatic heterocycles. The Labute approximate surface area is 99.0 Å². The van der Waals surface area contributed by atoms with Gasteiger partial charge in [0.05, 0.1) is 6.61 Å². The highest BCUT2D eigenvalue weighted by atomic mass is 16.5. The molecule has 90 valence electrons. The van der Waals surface area contributed by atoms with Crippen LogP contribution in [-0.4, -0.2) is 12.1 Å². The molecule has 0 aromatic heterocycles. The Morgan fingerprint density at radius 1 is 1.12 bits per heavy atom. The van der Waals surface area contributed by atoms with E-state index in [2.05, 4.69) is 50.4 Å². The van der Waals surface area contributed by atoms with Crippen molar-refractivity contribution in [2.24, 2.45) is 0 Å². The minimum Gasteiger partial charge on any atom is -0.377 e. The topological polar surface area (TPSA) is 21.3 Å². The third-order valence-corrected chi connectivity index (χ3v) is 2.39. The van der Waals surface area contributed by atoms with Crippen molar-refractivity contribution in [3.8, 4) is 0 Å². The standard InChI is InChI=1S/C14H23NO/c1-5-16-11-13-9-7-6-8-12(13)10-15-14(2,3)4/h6-9,15H,5,10-11H2,1-4H3. The lowest BCUT2D eigenvalue weighted by Crippen LogP contribution is -2.35. The van der Waals surface area contributed by atoms with E-state index >= 15 is 0 Å². The SMILES string of the molecule is CCOCc1ccccc1CNC(C)(C)C. The Hall–Kier alpha value is -0.860. The molecule has 1 N–H and O–H groups in total. The van der Waals surface area contributed by atoms with Crippen LogP contribution in [-0.2, 0) is 17.9 Å². The van der Waals surface area contributed by atoms with Crippen LogP contribution >= 0.6 is 0 Å². The summed E-state index contributed by atoms with van der Waals surface area (Å²) in [7, 11) is 0. The van der Waals surface area contributed by atoms with Gasteiger partial charge in [0.2, 0.25) is 0 Å². The molecule has 1 rings (SSSR count). The van der Waals surface area contributed by atoms with Gasteiger partial charge in [0.25, 0.3) is 0 Å². The van der Waals surface area contributed by atoms with Crippen LogP contribution in [0, 0.1) is 0 Å². The van der Waals surface area contributed by atoms with Gasteiger partial charge in [0.15, 0.2) is 0 Å². The van der Waals surface area contributed by atoms with E-state index in [0.717, 1.165) is 13.2 Å². The van der Waals surface area contributed by atoms with Gasteiger partial charge in [-0.2, -0.15) is 0 Å². The lowest BCUT2D eigenvalue weighted by Gasteiger charge is -2.21. The van der Waals surface area contributed by atoms with Crippen LogP contribution in [0.25, 0.3) is 0 Å². The first-order valence-corrected chi connectivity index (χ1v) is 5.92. The minimum absolute atomic E-state index is 0.152. The maximum absolute atomic E-state index is 5.46. The van der Waals surface area contributed by atoms with Gasteiger partial charge in [-0.1, -0.05) is 24.3 Å². The summed E-state index contributed by atoms with van der Waals surface area (Å²) in [5, 5.41) is 3.50. The number of benzene rings is 1. The summed E-state index contributed by atoms with van der Waals surface area (Å²) in [6.45, 7) is 10.9. The maximum atomic E-state index is 5.46. The van der Waals surface area contributed by atoms with Crippen molar-refractivity contribution in [3.63, 3.8) is 0 Å². The Kier molecular flexibility index (Phi) is 4.97. The van der Waals surface area contributed by atoms with Crippen LogP contribution < -0.4 is 5.32 Å². The number of rotatable bonds is 5. The van der Waals surface area contributed by atoms with Gasteiger partial charge in [0, 0.05) is 18.7 Å². The van der Waals surface area contributed by atoms with Gasteiger partial charge >= 0.3 is 0 Å². The first-order valence-electron chi connectivity index (χ1n) is 5.92. The lowest BCUT2D eigenvalue weighted by molar-refractivity contribution is 0.133.